The number of nitrogens with zero attached hydrogens (tertiary/aromatic N) is 1. The molecule has 10 nitrogen and oxygen atoms in total. The van der Waals surface area contributed by atoms with Crippen molar-refractivity contribution in [2.45, 2.75) is 25.4 Å². The Labute approximate surface area is 202 Å². The average Bonchev–Trinajstić information content (AvgIpc) is 2.84. The number of methoxy groups -OCH3 is 2. The van der Waals surface area contributed by atoms with Crippen molar-refractivity contribution in [1.29, 1.82) is 0 Å². The highest BCUT2D eigenvalue weighted by atomic mass is 16.5. The smallest absolute Gasteiger partial charge is 0.316 e. The summed E-state index contributed by atoms with van der Waals surface area (Å²) in [6.45, 7) is 1.55. The normalized spacial score (nSPS) is 16.3. The summed E-state index contributed by atoms with van der Waals surface area (Å²) in [5.74, 6) is -1.20. The minimum absolute atomic E-state index is 0.319. The van der Waals surface area contributed by atoms with Gasteiger partial charge in [-0.2, -0.15) is 0 Å². The summed E-state index contributed by atoms with van der Waals surface area (Å²) < 4.78 is 10.9. The van der Waals surface area contributed by atoms with Crippen molar-refractivity contribution < 1.29 is 33.8 Å². The maximum Gasteiger partial charge on any atom is 0.316 e. The summed E-state index contributed by atoms with van der Waals surface area (Å²) in [5, 5.41) is 14.4. The molecular weight excluding hydrogens is 454 g/mol. The standard InChI is InChI=1S/C25H27N3O7/c1-14-13-28(2)24(32)21(22(14)31)27-25(33)26-18(12-20(29)30)16-8-5-7-15(11-16)17-9-6-10-19(34-3)23(17)35-4/h5-11,13,18,21H,12H2,1-4H3,(H,29,30)(H2,26,27,33)/t18-,21?/m0/s1. The number of para-hydroxylation sites is 1. The molecule has 0 saturated carbocycles. The van der Waals surface area contributed by atoms with Gasteiger partial charge in [0.05, 0.1) is 26.7 Å². The zero-order valence-electron chi connectivity index (χ0n) is 19.8. The van der Waals surface area contributed by atoms with Crippen molar-refractivity contribution in [2.75, 3.05) is 21.3 Å². The number of carboxylic acids is 1. The number of hydrogen-bond acceptors (Lipinski definition) is 6. The Hall–Kier alpha value is -4.34. The number of amides is 3. The Bertz CT molecular complexity index is 1190. The summed E-state index contributed by atoms with van der Waals surface area (Å²) in [4.78, 5) is 50.3. The first-order chi connectivity index (χ1) is 16.7. The molecule has 3 rings (SSSR count). The number of Topliss-reactive ketones (excluding diaryl/α,β-unsaturated/α-hetero) is 1. The van der Waals surface area contributed by atoms with E-state index in [9.17, 15) is 24.3 Å². The number of hydrogen-bond donors (Lipinski definition) is 3. The van der Waals surface area contributed by atoms with Gasteiger partial charge in [-0.1, -0.05) is 30.3 Å². The molecule has 2 aromatic rings. The number of ketones is 1. The van der Waals surface area contributed by atoms with Gasteiger partial charge in [0.2, 0.25) is 0 Å². The highest BCUT2D eigenvalue weighted by Gasteiger charge is 2.35. The largest absolute Gasteiger partial charge is 0.493 e. The second kappa shape index (κ2) is 10.7. The number of rotatable bonds is 8. The van der Waals surface area contributed by atoms with E-state index in [1.54, 1.807) is 37.3 Å². The summed E-state index contributed by atoms with van der Waals surface area (Å²) in [6.07, 6.45) is 0.976. The summed E-state index contributed by atoms with van der Waals surface area (Å²) in [7, 11) is 4.53. The molecule has 0 radical (unpaired) electrons. The highest BCUT2D eigenvalue weighted by Crippen LogP contribution is 2.38. The molecule has 1 aliphatic heterocycles. The van der Waals surface area contributed by atoms with Gasteiger partial charge in [0.15, 0.2) is 23.3 Å². The molecule has 184 valence electrons. The van der Waals surface area contributed by atoms with Crippen molar-refractivity contribution in [3.05, 3.63) is 59.8 Å². The van der Waals surface area contributed by atoms with Gasteiger partial charge in [-0.3, -0.25) is 14.4 Å². The lowest BCUT2D eigenvalue weighted by molar-refractivity contribution is -0.138. The zero-order chi connectivity index (χ0) is 25.7. The van der Waals surface area contributed by atoms with Gasteiger partial charge in [0.25, 0.3) is 5.91 Å². The first-order valence-corrected chi connectivity index (χ1v) is 10.8. The summed E-state index contributed by atoms with van der Waals surface area (Å²) in [5.41, 5.74) is 2.27. The number of likely N-dealkylation sites (N-methyl/N-ethyl adjacent to an activating group) is 1. The molecular formula is C25H27N3O7. The first kappa shape index (κ1) is 25.3. The van der Waals surface area contributed by atoms with Crippen LogP contribution in [0.5, 0.6) is 11.5 Å². The van der Waals surface area contributed by atoms with Gasteiger partial charge in [-0.25, -0.2) is 4.79 Å². The van der Waals surface area contributed by atoms with E-state index < -0.39 is 42.2 Å². The third-order valence-electron chi connectivity index (χ3n) is 5.60. The lowest BCUT2D eigenvalue weighted by atomic mass is 9.97. The number of benzene rings is 2. The zero-order valence-corrected chi connectivity index (χ0v) is 19.8. The van der Waals surface area contributed by atoms with Gasteiger partial charge in [-0.05, 0) is 30.2 Å². The number of carboxylic acid groups (broad SMARTS) is 1. The first-order valence-electron chi connectivity index (χ1n) is 10.8. The van der Waals surface area contributed by atoms with E-state index in [0.29, 0.717) is 22.6 Å². The van der Waals surface area contributed by atoms with E-state index in [1.807, 2.05) is 12.1 Å². The third-order valence-corrected chi connectivity index (χ3v) is 5.60. The van der Waals surface area contributed by atoms with Crippen LogP contribution >= 0.6 is 0 Å². The maximum absolute atomic E-state index is 12.7. The monoisotopic (exact) mass is 481 g/mol. The van der Waals surface area contributed by atoms with Gasteiger partial charge in [0.1, 0.15) is 0 Å². The minimum atomic E-state index is -1.39. The van der Waals surface area contributed by atoms with Crippen LogP contribution in [-0.2, 0) is 14.4 Å². The van der Waals surface area contributed by atoms with Crippen LogP contribution < -0.4 is 20.1 Å². The van der Waals surface area contributed by atoms with Gasteiger partial charge < -0.3 is 30.1 Å². The molecule has 0 saturated heterocycles. The predicted molar refractivity (Wildman–Crippen MR) is 127 cm³/mol. The van der Waals surface area contributed by atoms with Crippen LogP contribution in [0.15, 0.2) is 54.2 Å². The van der Waals surface area contributed by atoms with E-state index in [1.165, 1.54) is 32.4 Å². The number of nitrogens with one attached hydrogen (secondary N) is 2. The number of urea groups is 1. The molecule has 1 heterocycles. The van der Waals surface area contributed by atoms with E-state index in [-0.39, 0.29) is 0 Å². The van der Waals surface area contributed by atoms with Gasteiger partial charge in [0, 0.05) is 24.4 Å². The van der Waals surface area contributed by atoms with E-state index in [4.69, 9.17) is 9.47 Å². The van der Waals surface area contributed by atoms with Crippen LogP contribution in [0.1, 0.15) is 24.9 Å². The van der Waals surface area contributed by atoms with Crippen LogP contribution in [0.2, 0.25) is 0 Å². The Morgan fingerprint density at radius 2 is 1.83 bits per heavy atom. The van der Waals surface area contributed by atoms with E-state index >= 15 is 0 Å². The number of carbonyl (C=O) groups excluding carboxylic acids is 3. The SMILES string of the molecule is COc1cccc(-c2cccc([C@H](CC(=O)O)NC(=O)NC3C(=O)C(C)=CN(C)C3=O)c2)c1OC. The molecule has 1 aliphatic rings. The van der Waals surface area contributed by atoms with Crippen LogP contribution in [0.3, 0.4) is 0 Å². The van der Waals surface area contributed by atoms with Crippen molar-refractivity contribution in [2.24, 2.45) is 0 Å². The third kappa shape index (κ3) is 5.60. The molecule has 10 heteroatoms. The molecule has 0 bridgehead atoms. The Kier molecular flexibility index (Phi) is 7.75. The molecule has 3 amide bonds. The number of aliphatic carboxylic acids is 1. The van der Waals surface area contributed by atoms with E-state index in [0.717, 1.165) is 11.1 Å². The average molecular weight is 482 g/mol. The fraction of sp³-hybridized carbons (Fsp3) is 0.280. The second-order valence-corrected chi connectivity index (χ2v) is 7.99. The molecule has 2 aromatic carbocycles. The highest BCUT2D eigenvalue weighted by molar-refractivity contribution is 6.16. The lowest BCUT2D eigenvalue weighted by Crippen LogP contribution is -2.56. The Morgan fingerprint density at radius 3 is 2.49 bits per heavy atom. The molecule has 0 spiro atoms. The molecule has 1 unspecified atom stereocenters. The predicted octanol–water partition coefficient (Wildman–Crippen LogP) is 2.50. The molecule has 0 fully saturated rings. The molecule has 3 N–H and O–H groups in total. The van der Waals surface area contributed by atoms with Crippen molar-refractivity contribution in [1.82, 2.24) is 15.5 Å². The van der Waals surface area contributed by atoms with Crippen molar-refractivity contribution in [3.63, 3.8) is 0 Å². The fourth-order valence-electron chi connectivity index (χ4n) is 3.88. The van der Waals surface area contributed by atoms with Crippen molar-refractivity contribution in [3.8, 4) is 22.6 Å². The van der Waals surface area contributed by atoms with Crippen LogP contribution in [0.4, 0.5) is 4.79 Å². The minimum Gasteiger partial charge on any atom is -0.493 e. The van der Waals surface area contributed by atoms with Crippen molar-refractivity contribution >= 4 is 23.7 Å². The topological polar surface area (TPSA) is 134 Å². The Morgan fingerprint density at radius 1 is 1.11 bits per heavy atom. The molecule has 0 aromatic heterocycles. The number of carbonyl (C=O) groups is 4. The molecule has 35 heavy (non-hydrogen) atoms. The second-order valence-electron chi connectivity index (χ2n) is 7.99. The van der Waals surface area contributed by atoms with Gasteiger partial charge >= 0.3 is 12.0 Å². The van der Waals surface area contributed by atoms with Crippen LogP contribution in [0.25, 0.3) is 11.1 Å². The number of ether oxygens (including phenoxy) is 2. The van der Waals surface area contributed by atoms with E-state index in [2.05, 4.69) is 10.6 Å². The van der Waals surface area contributed by atoms with Crippen LogP contribution in [0, 0.1) is 0 Å². The fourth-order valence-corrected chi connectivity index (χ4v) is 3.88. The van der Waals surface area contributed by atoms with Crippen LogP contribution in [-0.4, -0.2) is 61.0 Å². The molecule has 2 atom stereocenters. The Balaban J connectivity index is 1.88. The summed E-state index contributed by atoms with van der Waals surface area (Å²) >= 11 is 0. The summed E-state index contributed by atoms with van der Waals surface area (Å²) in [6, 6.07) is 9.20. The molecule has 0 aliphatic carbocycles. The van der Waals surface area contributed by atoms with Gasteiger partial charge in [-0.15, -0.1) is 0 Å². The quantitative estimate of drug-likeness (QED) is 0.493. The lowest BCUT2D eigenvalue weighted by Gasteiger charge is -2.27. The maximum atomic E-state index is 12.7.